The van der Waals surface area contributed by atoms with E-state index < -0.39 is 0 Å². The molecule has 0 aliphatic carbocycles. The molecule has 0 fully saturated rings. The second-order valence-corrected chi connectivity index (χ2v) is 4.52. The molecule has 0 aliphatic rings. The third-order valence-electron chi connectivity index (χ3n) is 2.96. The summed E-state index contributed by atoms with van der Waals surface area (Å²) in [5.74, 6) is 0.221. The lowest BCUT2D eigenvalue weighted by Gasteiger charge is -2.14. The first kappa shape index (κ1) is 13.6. The predicted molar refractivity (Wildman–Crippen MR) is 74.6 cm³/mol. The van der Waals surface area contributed by atoms with Crippen LogP contribution < -0.4 is 10.5 Å². The quantitative estimate of drug-likeness (QED) is 0.892. The molecule has 0 radical (unpaired) electrons. The van der Waals surface area contributed by atoms with E-state index in [1.165, 1.54) is 11.6 Å². The lowest BCUT2D eigenvalue weighted by molar-refractivity contribution is 0.314. The van der Waals surface area contributed by atoms with Crippen molar-refractivity contribution in [3.05, 3.63) is 65.5 Å². The van der Waals surface area contributed by atoms with Crippen LogP contribution >= 0.6 is 0 Å². The van der Waals surface area contributed by atoms with Gasteiger partial charge in [0.05, 0.1) is 6.61 Å². The molecular weight excluding hydrogens is 241 g/mol. The fourth-order valence-corrected chi connectivity index (χ4v) is 2.01. The van der Waals surface area contributed by atoms with Gasteiger partial charge in [-0.2, -0.15) is 0 Å². The summed E-state index contributed by atoms with van der Waals surface area (Å²) in [7, 11) is 0. The van der Waals surface area contributed by atoms with Crippen molar-refractivity contribution in [3.8, 4) is 5.75 Å². The highest BCUT2D eigenvalue weighted by molar-refractivity contribution is 5.36. The maximum absolute atomic E-state index is 13.7. The topological polar surface area (TPSA) is 35.2 Å². The largest absolute Gasteiger partial charge is 0.493 e. The Kier molecular flexibility index (Phi) is 4.53. The van der Waals surface area contributed by atoms with Crippen LogP contribution in [-0.2, 0) is 6.42 Å². The Morgan fingerprint density at radius 1 is 1.11 bits per heavy atom. The number of halogens is 1. The van der Waals surface area contributed by atoms with Gasteiger partial charge < -0.3 is 10.5 Å². The van der Waals surface area contributed by atoms with Crippen molar-refractivity contribution in [2.24, 2.45) is 5.73 Å². The molecule has 2 aromatic carbocycles. The average molecular weight is 259 g/mol. The summed E-state index contributed by atoms with van der Waals surface area (Å²) >= 11 is 0. The first-order valence-corrected chi connectivity index (χ1v) is 6.39. The molecule has 0 spiro atoms. The molecule has 0 bridgehead atoms. The van der Waals surface area contributed by atoms with Crippen molar-refractivity contribution in [3.63, 3.8) is 0 Å². The van der Waals surface area contributed by atoms with E-state index in [-0.39, 0.29) is 11.9 Å². The van der Waals surface area contributed by atoms with Gasteiger partial charge in [-0.25, -0.2) is 4.39 Å². The maximum Gasteiger partial charge on any atom is 0.131 e. The minimum absolute atomic E-state index is 0.313. The van der Waals surface area contributed by atoms with Crippen molar-refractivity contribution in [1.82, 2.24) is 0 Å². The Morgan fingerprint density at radius 2 is 1.84 bits per heavy atom. The zero-order valence-electron chi connectivity index (χ0n) is 11.0. The lowest BCUT2D eigenvalue weighted by atomic mass is 10.1. The molecule has 2 N–H and O–H groups in total. The van der Waals surface area contributed by atoms with Crippen LogP contribution in [0.25, 0.3) is 0 Å². The minimum atomic E-state index is -0.382. The number of hydrogen-bond acceptors (Lipinski definition) is 2. The van der Waals surface area contributed by atoms with Gasteiger partial charge in [0.1, 0.15) is 11.6 Å². The van der Waals surface area contributed by atoms with Gasteiger partial charge in [-0.15, -0.1) is 0 Å². The number of nitrogens with two attached hydrogens (primary N) is 1. The van der Waals surface area contributed by atoms with Crippen LogP contribution in [0.15, 0.2) is 48.5 Å². The Bertz CT molecular complexity index is 526. The first-order chi connectivity index (χ1) is 9.18. The van der Waals surface area contributed by atoms with E-state index in [0.29, 0.717) is 17.9 Å². The third-order valence-corrected chi connectivity index (χ3v) is 2.96. The molecule has 1 unspecified atom stereocenters. The normalized spacial score (nSPS) is 12.2. The third kappa shape index (κ3) is 3.55. The van der Waals surface area contributed by atoms with Gasteiger partial charge in [-0.05, 0) is 24.6 Å². The molecule has 0 saturated carbocycles. The van der Waals surface area contributed by atoms with E-state index in [4.69, 9.17) is 10.5 Å². The maximum atomic E-state index is 13.7. The highest BCUT2D eigenvalue weighted by atomic mass is 19.1. The van der Waals surface area contributed by atoms with Crippen molar-refractivity contribution >= 4 is 0 Å². The molecule has 0 heterocycles. The predicted octanol–water partition coefficient (Wildman–Crippen LogP) is 3.47. The number of hydrogen-bond donors (Lipinski definition) is 1. The van der Waals surface area contributed by atoms with Crippen LogP contribution in [0, 0.1) is 5.82 Å². The van der Waals surface area contributed by atoms with Gasteiger partial charge in [0.25, 0.3) is 0 Å². The fraction of sp³-hybridized carbons (Fsp3) is 0.250. The van der Waals surface area contributed by atoms with Gasteiger partial charge in [-0.1, -0.05) is 36.4 Å². The van der Waals surface area contributed by atoms with Gasteiger partial charge in [0.15, 0.2) is 0 Å². The fourth-order valence-electron chi connectivity index (χ4n) is 2.01. The standard InChI is InChI=1S/C16H18FNO/c1-12(18)16-14(17)8-5-9-15(16)19-11-10-13-6-3-2-4-7-13/h2-9,12H,10-11,18H2,1H3. The second-order valence-electron chi connectivity index (χ2n) is 4.52. The monoisotopic (exact) mass is 259 g/mol. The van der Waals surface area contributed by atoms with Crippen molar-refractivity contribution in [1.29, 1.82) is 0 Å². The van der Waals surface area contributed by atoms with Crippen LogP contribution in [-0.4, -0.2) is 6.61 Å². The molecule has 0 aromatic heterocycles. The lowest BCUT2D eigenvalue weighted by Crippen LogP contribution is -2.11. The smallest absolute Gasteiger partial charge is 0.131 e. The van der Waals surface area contributed by atoms with E-state index in [1.54, 1.807) is 19.1 Å². The summed E-state index contributed by atoms with van der Waals surface area (Å²) in [5, 5.41) is 0. The summed E-state index contributed by atoms with van der Waals surface area (Å²) in [5.41, 5.74) is 7.41. The molecule has 0 amide bonds. The number of benzene rings is 2. The van der Waals surface area contributed by atoms with Crippen molar-refractivity contribution in [2.45, 2.75) is 19.4 Å². The van der Waals surface area contributed by atoms with Crippen molar-refractivity contribution in [2.75, 3.05) is 6.61 Å². The van der Waals surface area contributed by atoms with Gasteiger partial charge in [0.2, 0.25) is 0 Å². The van der Waals surface area contributed by atoms with Crippen LogP contribution in [0.1, 0.15) is 24.1 Å². The molecule has 19 heavy (non-hydrogen) atoms. The SMILES string of the molecule is CC(N)c1c(F)cccc1OCCc1ccccc1. The van der Waals surface area contributed by atoms with E-state index in [9.17, 15) is 4.39 Å². The minimum Gasteiger partial charge on any atom is -0.493 e. The van der Waals surface area contributed by atoms with Crippen LogP contribution in [0.4, 0.5) is 4.39 Å². The first-order valence-electron chi connectivity index (χ1n) is 6.39. The Labute approximate surface area is 113 Å². The molecule has 1 atom stereocenters. The van der Waals surface area contributed by atoms with Gasteiger partial charge in [0, 0.05) is 18.0 Å². The summed E-state index contributed by atoms with van der Waals surface area (Å²) in [6.07, 6.45) is 0.787. The zero-order valence-corrected chi connectivity index (χ0v) is 11.0. The van der Waals surface area contributed by atoms with E-state index in [2.05, 4.69) is 0 Å². The molecule has 2 aromatic rings. The number of rotatable bonds is 5. The summed E-state index contributed by atoms with van der Waals surface area (Å²) < 4.78 is 19.4. The van der Waals surface area contributed by atoms with Crippen LogP contribution in [0.5, 0.6) is 5.75 Å². The summed E-state index contributed by atoms with van der Waals surface area (Å²) in [4.78, 5) is 0. The van der Waals surface area contributed by atoms with E-state index in [0.717, 1.165) is 6.42 Å². The molecule has 0 saturated heterocycles. The Balaban J connectivity index is 2.02. The average Bonchev–Trinajstić information content (AvgIpc) is 2.39. The highest BCUT2D eigenvalue weighted by Crippen LogP contribution is 2.26. The van der Waals surface area contributed by atoms with Crippen molar-refractivity contribution < 1.29 is 9.13 Å². The van der Waals surface area contributed by atoms with Gasteiger partial charge >= 0.3 is 0 Å². The van der Waals surface area contributed by atoms with Crippen LogP contribution in [0.3, 0.4) is 0 Å². The molecule has 2 rings (SSSR count). The zero-order chi connectivity index (χ0) is 13.7. The van der Waals surface area contributed by atoms with E-state index in [1.807, 2.05) is 30.3 Å². The Morgan fingerprint density at radius 3 is 2.53 bits per heavy atom. The Hall–Kier alpha value is -1.87. The highest BCUT2D eigenvalue weighted by Gasteiger charge is 2.13. The van der Waals surface area contributed by atoms with Crippen LogP contribution in [0.2, 0.25) is 0 Å². The molecular formula is C16H18FNO. The molecule has 2 nitrogen and oxygen atoms in total. The molecule has 100 valence electrons. The second kappa shape index (κ2) is 6.34. The van der Waals surface area contributed by atoms with E-state index >= 15 is 0 Å². The molecule has 3 heteroatoms. The summed E-state index contributed by atoms with van der Waals surface area (Å²) in [6.45, 7) is 2.26. The number of ether oxygens (including phenoxy) is 1. The molecule has 0 aliphatic heterocycles. The van der Waals surface area contributed by atoms with Gasteiger partial charge in [-0.3, -0.25) is 0 Å². The summed E-state index contributed by atoms with van der Waals surface area (Å²) in [6, 6.07) is 14.5.